The molecule has 2 heterocycles. The van der Waals surface area contributed by atoms with Gasteiger partial charge in [-0.05, 0) is 70.0 Å². The van der Waals surface area contributed by atoms with E-state index in [2.05, 4.69) is 58.4 Å². The first-order valence-electron chi connectivity index (χ1n) is 14.1. The first-order valence-corrected chi connectivity index (χ1v) is 14.1. The Kier molecular flexibility index (Phi) is 9.47. The fourth-order valence-corrected chi connectivity index (χ4v) is 4.98. The van der Waals surface area contributed by atoms with E-state index in [0.717, 1.165) is 23.0 Å². The van der Waals surface area contributed by atoms with Crippen molar-refractivity contribution in [3.63, 3.8) is 0 Å². The highest BCUT2D eigenvalue weighted by molar-refractivity contribution is 6.05. The maximum atomic E-state index is 13.6. The molecule has 44 heavy (non-hydrogen) atoms. The van der Waals surface area contributed by atoms with Gasteiger partial charge in [-0.2, -0.15) is 13.2 Å². The smallest absolute Gasteiger partial charge is 0.406 e. The van der Waals surface area contributed by atoms with E-state index in [9.17, 15) is 22.8 Å². The van der Waals surface area contributed by atoms with Crippen molar-refractivity contribution in [3.05, 3.63) is 65.1 Å². The number of alkyl halides is 3. The Morgan fingerprint density at radius 1 is 1.14 bits per heavy atom. The second kappa shape index (κ2) is 12.9. The molecule has 1 aliphatic rings. The minimum atomic E-state index is -4.48. The van der Waals surface area contributed by atoms with Crippen molar-refractivity contribution >= 4 is 28.5 Å². The van der Waals surface area contributed by atoms with Gasteiger partial charge in [-0.15, -0.1) is 0 Å². The van der Waals surface area contributed by atoms with E-state index >= 15 is 0 Å². The molecule has 12 heteroatoms. The lowest BCUT2D eigenvalue weighted by molar-refractivity contribution is -0.139. The molecule has 0 saturated heterocycles. The molecule has 4 rings (SSSR count). The van der Waals surface area contributed by atoms with Crippen LogP contribution in [0.25, 0.3) is 11.0 Å². The molecule has 234 valence electrons. The van der Waals surface area contributed by atoms with Gasteiger partial charge in [0.1, 0.15) is 17.8 Å². The summed E-state index contributed by atoms with van der Waals surface area (Å²) in [4.78, 5) is 31.9. The number of nitrogens with one attached hydrogen (secondary N) is 3. The van der Waals surface area contributed by atoms with Crippen LogP contribution in [-0.4, -0.2) is 71.3 Å². The fraction of sp³-hybridized carbons (Fsp3) is 0.406. The summed E-state index contributed by atoms with van der Waals surface area (Å²) < 4.78 is 46.3. The van der Waals surface area contributed by atoms with Crippen LogP contribution < -0.4 is 20.7 Å². The number of nitrogens with zero attached hydrogens (tertiary/aromatic N) is 3. The van der Waals surface area contributed by atoms with Gasteiger partial charge in [-0.25, -0.2) is 4.98 Å². The van der Waals surface area contributed by atoms with Gasteiger partial charge in [0.15, 0.2) is 0 Å². The van der Waals surface area contributed by atoms with Crippen molar-refractivity contribution in [1.82, 2.24) is 25.1 Å². The van der Waals surface area contributed by atoms with E-state index in [1.165, 1.54) is 20.2 Å². The van der Waals surface area contributed by atoms with E-state index in [1.807, 2.05) is 13.1 Å². The van der Waals surface area contributed by atoms with Gasteiger partial charge in [0.05, 0.1) is 42.8 Å². The number of carbonyl (C=O) groups excluding carboxylic acids is 2. The summed E-state index contributed by atoms with van der Waals surface area (Å²) in [5.41, 5.74) is 2.81. The van der Waals surface area contributed by atoms with Gasteiger partial charge in [0.2, 0.25) is 0 Å². The van der Waals surface area contributed by atoms with Crippen LogP contribution >= 0.6 is 0 Å². The van der Waals surface area contributed by atoms with Crippen LogP contribution in [0.15, 0.2) is 48.4 Å². The molecule has 0 aliphatic carbocycles. The molecule has 0 bridgehead atoms. The van der Waals surface area contributed by atoms with Crippen LogP contribution in [0, 0.1) is 11.8 Å². The molecular weight excluding hydrogens is 573 g/mol. The maximum Gasteiger partial charge on any atom is 0.406 e. The largest absolute Gasteiger partial charge is 0.495 e. The molecule has 1 aliphatic heterocycles. The zero-order valence-electron chi connectivity index (χ0n) is 25.6. The zero-order valence-corrected chi connectivity index (χ0v) is 25.6. The fourth-order valence-electron chi connectivity index (χ4n) is 4.98. The minimum Gasteiger partial charge on any atom is -0.495 e. The Morgan fingerprint density at radius 3 is 2.52 bits per heavy atom. The van der Waals surface area contributed by atoms with Crippen LogP contribution in [0.3, 0.4) is 0 Å². The number of imidazole rings is 1. The molecule has 9 nitrogen and oxygen atoms in total. The summed E-state index contributed by atoms with van der Waals surface area (Å²) in [5.74, 6) is 5.67. The van der Waals surface area contributed by atoms with Crippen molar-refractivity contribution in [2.75, 3.05) is 32.6 Å². The average Bonchev–Trinajstić information content (AvgIpc) is 3.35. The number of halogens is 3. The standard InChI is InChI=1S/C32H37F3N6O3/c1-20-17-41(31(2,3)4)13-11-24(20)39-30(43)23-14-21(15-26-28(23)38-19-40(26)18-32(33,34)35)8-7-12-37-25-10-9-22(29(42)36-5)16-27(25)44-6/h9-10,14-17,19,24,37H,11-13,18H2,1-6H3,(H,36,42)(H,39,43)/t24-/m1/s1. The molecule has 1 atom stereocenters. The first kappa shape index (κ1) is 32.3. The molecule has 0 saturated carbocycles. The number of rotatable bonds is 7. The number of hydrogen-bond acceptors (Lipinski definition) is 6. The summed E-state index contributed by atoms with van der Waals surface area (Å²) >= 11 is 0. The van der Waals surface area contributed by atoms with Crippen molar-refractivity contribution < 1.29 is 27.5 Å². The molecule has 2 amide bonds. The predicted molar refractivity (Wildman–Crippen MR) is 164 cm³/mol. The summed E-state index contributed by atoms with van der Waals surface area (Å²) in [5, 5.41) is 8.72. The van der Waals surface area contributed by atoms with Gasteiger partial charge >= 0.3 is 6.18 Å². The average molecular weight is 611 g/mol. The predicted octanol–water partition coefficient (Wildman–Crippen LogP) is 4.94. The van der Waals surface area contributed by atoms with Crippen LogP contribution in [0.5, 0.6) is 5.75 Å². The quantitative estimate of drug-likeness (QED) is 0.328. The second-order valence-corrected chi connectivity index (χ2v) is 11.6. The molecule has 3 aromatic rings. The van der Waals surface area contributed by atoms with E-state index in [-0.39, 0.29) is 40.6 Å². The molecule has 3 N–H and O–H groups in total. The lowest BCUT2D eigenvalue weighted by atomic mass is 9.97. The van der Waals surface area contributed by atoms with Crippen LogP contribution in [0.1, 0.15) is 60.4 Å². The molecule has 0 radical (unpaired) electrons. The lowest BCUT2D eigenvalue weighted by Gasteiger charge is -2.40. The zero-order chi connectivity index (χ0) is 32.2. The van der Waals surface area contributed by atoms with Gasteiger partial charge < -0.3 is 30.2 Å². The molecule has 0 fully saturated rings. The second-order valence-electron chi connectivity index (χ2n) is 11.6. The Labute approximate surface area is 254 Å². The van der Waals surface area contributed by atoms with Crippen molar-refractivity contribution in [2.45, 2.75) is 58.4 Å². The number of methoxy groups -OCH3 is 1. The minimum absolute atomic E-state index is 0.0598. The Hall–Kier alpha value is -4.66. The van der Waals surface area contributed by atoms with Gasteiger partial charge in [0, 0.05) is 36.5 Å². The highest BCUT2D eigenvalue weighted by Crippen LogP contribution is 2.27. The SMILES string of the molecule is CNC(=O)c1ccc(NCC#Cc2cc(C(=O)N[C@@H]3CCN(C(C)(C)C)C=C3C)c3ncn(CC(F)(F)F)c3c2)c(OC)c1. The third kappa shape index (κ3) is 7.64. The maximum absolute atomic E-state index is 13.6. The number of aromatic nitrogens is 2. The number of carbonyl (C=O) groups is 2. The monoisotopic (exact) mass is 610 g/mol. The molecule has 0 unspecified atom stereocenters. The van der Waals surface area contributed by atoms with E-state index < -0.39 is 18.6 Å². The number of anilines is 1. The Morgan fingerprint density at radius 2 is 1.89 bits per heavy atom. The summed E-state index contributed by atoms with van der Waals surface area (Å²) in [6.45, 7) is 7.96. The molecule has 2 aromatic carbocycles. The topological polar surface area (TPSA) is 101 Å². The van der Waals surface area contributed by atoms with Crippen molar-refractivity contribution in [3.8, 4) is 17.6 Å². The van der Waals surface area contributed by atoms with Crippen molar-refractivity contribution in [2.24, 2.45) is 0 Å². The van der Waals surface area contributed by atoms with Crippen LogP contribution in [0.2, 0.25) is 0 Å². The first-order chi connectivity index (χ1) is 20.7. The highest BCUT2D eigenvalue weighted by atomic mass is 19.4. The summed E-state index contributed by atoms with van der Waals surface area (Å²) in [6, 6.07) is 7.76. The molecule has 1 aromatic heterocycles. The molecule has 0 spiro atoms. The highest BCUT2D eigenvalue weighted by Gasteiger charge is 2.30. The lowest BCUT2D eigenvalue weighted by Crippen LogP contribution is -2.46. The summed E-state index contributed by atoms with van der Waals surface area (Å²) in [6.07, 6.45) is -0.653. The third-order valence-corrected chi connectivity index (χ3v) is 7.35. The number of ether oxygens (including phenoxy) is 1. The Bertz CT molecular complexity index is 1640. The van der Waals surface area contributed by atoms with Crippen LogP contribution in [0.4, 0.5) is 18.9 Å². The Balaban J connectivity index is 1.61. The third-order valence-electron chi connectivity index (χ3n) is 7.35. The van der Waals surface area contributed by atoms with Gasteiger partial charge in [-0.1, -0.05) is 11.8 Å². The van der Waals surface area contributed by atoms with E-state index in [4.69, 9.17) is 4.74 Å². The van der Waals surface area contributed by atoms with E-state index in [0.29, 0.717) is 29.0 Å². The van der Waals surface area contributed by atoms with Gasteiger partial charge in [0.25, 0.3) is 11.8 Å². The van der Waals surface area contributed by atoms with Crippen molar-refractivity contribution in [1.29, 1.82) is 0 Å². The van der Waals surface area contributed by atoms with Gasteiger partial charge in [-0.3, -0.25) is 9.59 Å². The summed E-state index contributed by atoms with van der Waals surface area (Å²) in [7, 11) is 3.02. The number of fused-ring (bicyclic) bond motifs is 1. The number of amides is 2. The number of benzene rings is 2. The van der Waals surface area contributed by atoms with E-state index in [1.54, 1.807) is 24.3 Å². The molecular formula is C32H37F3N6O3. The van der Waals surface area contributed by atoms with Crippen LogP contribution in [-0.2, 0) is 6.54 Å². The normalized spacial score (nSPS) is 15.2. The number of hydrogen-bond donors (Lipinski definition) is 3.